The molecule has 1 aromatic carbocycles. The van der Waals surface area contributed by atoms with Crippen molar-refractivity contribution in [3.8, 4) is 0 Å². The van der Waals surface area contributed by atoms with Crippen LogP contribution in [0.5, 0.6) is 0 Å². The molecule has 5 heteroatoms. The number of hydrogen-bond donors (Lipinski definition) is 2. The average molecular weight is 273 g/mol. The van der Waals surface area contributed by atoms with Crippen molar-refractivity contribution in [3.05, 3.63) is 41.7 Å². The number of nitrogens with zero attached hydrogens (tertiary/aromatic N) is 1. The summed E-state index contributed by atoms with van der Waals surface area (Å²) < 4.78 is 4.92. The van der Waals surface area contributed by atoms with Gasteiger partial charge in [0, 0.05) is 11.8 Å². The summed E-state index contributed by atoms with van der Waals surface area (Å²) in [5, 5.41) is 9.60. The van der Waals surface area contributed by atoms with Gasteiger partial charge in [0.25, 0.3) is 0 Å². The SMILES string of the molecule is Cc1cc(NCC(=O)Nc2ccccc2C(C)C)no1. The Morgan fingerprint density at radius 2 is 2.10 bits per heavy atom. The highest BCUT2D eigenvalue weighted by Gasteiger charge is 2.09. The second-order valence-electron chi connectivity index (χ2n) is 4.97. The summed E-state index contributed by atoms with van der Waals surface area (Å²) in [7, 11) is 0. The Hall–Kier alpha value is -2.30. The van der Waals surface area contributed by atoms with E-state index >= 15 is 0 Å². The molecule has 0 atom stereocenters. The van der Waals surface area contributed by atoms with Gasteiger partial charge in [0.1, 0.15) is 5.76 Å². The minimum Gasteiger partial charge on any atom is -0.360 e. The summed E-state index contributed by atoms with van der Waals surface area (Å²) in [6.07, 6.45) is 0. The van der Waals surface area contributed by atoms with E-state index < -0.39 is 0 Å². The van der Waals surface area contributed by atoms with Crippen LogP contribution in [-0.4, -0.2) is 17.6 Å². The Labute approximate surface area is 118 Å². The first-order chi connectivity index (χ1) is 9.56. The summed E-state index contributed by atoms with van der Waals surface area (Å²) in [6.45, 7) is 6.15. The van der Waals surface area contributed by atoms with E-state index in [0.29, 0.717) is 17.5 Å². The van der Waals surface area contributed by atoms with Gasteiger partial charge in [0.05, 0.1) is 6.54 Å². The molecule has 0 fully saturated rings. The zero-order valence-electron chi connectivity index (χ0n) is 11.9. The molecule has 0 aliphatic rings. The Balaban J connectivity index is 1.94. The fourth-order valence-corrected chi connectivity index (χ4v) is 1.93. The lowest BCUT2D eigenvalue weighted by Crippen LogP contribution is -2.22. The number of hydrogen-bond acceptors (Lipinski definition) is 4. The Bertz CT molecular complexity index is 590. The molecule has 0 radical (unpaired) electrons. The van der Waals surface area contributed by atoms with Crippen molar-refractivity contribution in [3.63, 3.8) is 0 Å². The van der Waals surface area contributed by atoms with Crippen LogP contribution in [0.1, 0.15) is 31.1 Å². The highest BCUT2D eigenvalue weighted by Crippen LogP contribution is 2.23. The molecule has 0 saturated heterocycles. The molecule has 0 aliphatic heterocycles. The first kappa shape index (κ1) is 14.1. The van der Waals surface area contributed by atoms with Gasteiger partial charge in [-0.05, 0) is 24.5 Å². The van der Waals surface area contributed by atoms with Crippen LogP contribution < -0.4 is 10.6 Å². The maximum atomic E-state index is 11.9. The zero-order chi connectivity index (χ0) is 14.5. The summed E-state index contributed by atoms with van der Waals surface area (Å²) in [6, 6.07) is 9.56. The number of benzene rings is 1. The van der Waals surface area contributed by atoms with Gasteiger partial charge in [-0.2, -0.15) is 0 Å². The first-order valence-corrected chi connectivity index (χ1v) is 6.62. The van der Waals surface area contributed by atoms with E-state index in [1.165, 1.54) is 0 Å². The lowest BCUT2D eigenvalue weighted by atomic mass is 10.0. The van der Waals surface area contributed by atoms with Crippen LogP contribution in [0.15, 0.2) is 34.9 Å². The van der Waals surface area contributed by atoms with Crippen LogP contribution in [0.25, 0.3) is 0 Å². The van der Waals surface area contributed by atoms with Crippen molar-refractivity contribution in [2.75, 3.05) is 17.2 Å². The molecule has 0 spiro atoms. The first-order valence-electron chi connectivity index (χ1n) is 6.62. The third-order valence-electron chi connectivity index (χ3n) is 2.91. The van der Waals surface area contributed by atoms with Crippen LogP contribution in [-0.2, 0) is 4.79 Å². The Morgan fingerprint density at radius 1 is 1.35 bits per heavy atom. The van der Waals surface area contributed by atoms with Crippen molar-refractivity contribution in [1.82, 2.24) is 5.16 Å². The summed E-state index contributed by atoms with van der Waals surface area (Å²) in [5.41, 5.74) is 1.98. The molecular formula is C15H19N3O2. The van der Waals surface area contributed by atoms with Crippen molar-refractivity contribution < 1.29 is 9.32 Å². The number of rotatable bonds is 5. The van der Waals surface area contributed by atoms with Gasteiger partial charge in [0.2, 0.25) is 5.91 Å². The molecule has 20 heavy (non-hydrogen) atoms. The van der Waals surface area contributed by atoms with E-state index in [0.717, 1.165) is 11.3 Å². The molecule has 0 saturated carbocycles. The molecule has 5 nitrogen and oxygen atoms in total. The third-order valence-corrected chi connectivity index (χ3v) is 2.91. The summed E-state index contributed by atoms with van der Waals surface area (Å²) >= 11 is 0. The van der Waals surface area contributed by atoms with Gasteiger partial charge in [-0.25, -0.2) is 0 Å². The van der Waals surface area contributed by atoms with E-state index in [2.05, 4.69) is 29.6 Å². The number of aromatic nitrogens is 1. The fourth-order valence-electron chi connectivity index (χ4n) is 1.93. The minimum absolute atomic E-state index is 0.112. The molecule has 2 rings (SSSR count). The number of carbonyl (C=O) groups is 1. The fraction of sp³-hybridized carbons (Fsp3) is 0.333. The second kappa shape index (κ2) is 6.23. The highest BCUT2D eigenvalue weighted by atomic mass is 16.5. The monoisotopic (exact) mass is 273 g/mol. The molecule has 0 unspecified atom stereocenters. The van der Waals surface area contributed by atoms with E-state index in [9.17, 15) is 4.79 Å². The van der Waals surface area contributed by atoms with Crippen molar-refractivity contribution in [2.24, 2.45) is 0 Å². The van der Waals surface area contributed by atoms with Gasteiger partial charge in [-0.1, -0.05) is 37.2 Å². The standard InChI is InChI=1S/C15H19N3O2/c1-10(2)12-6-4-5-7-13(12)17-15(19)9-16-14-8-11(3)20-18-14/h4-8,10H,9H2,1-3H3,(H,16,18)(H,17,19). The van der Waals surface area contributed by atoms with Crippen molar-refractivity contribution >= 4 is 17.4 Å². The maximum absolute atomic E-state index is 11.9. The Morgan fingerprint density at radius 3 is 2.75 bits per heavy atom. The minimum atomic E-state index is -0.112. The molecule has 2 N–H and O–H groups in total. The van der Waals surface area contributed by atoms with E-state index in [1.807, 2.05) is 24.3 Å². The topological polar surface area (TPSA) is 67.2 Å². The van der Waals surface area contributed by atoms with Gasteiger partial charge >= 0.3 is 0 Å². The average Bonchev–Trinajstić information content (AvgIpc) is 2.83. The van der Waals surface area contributed by atoms with Gasteiger partial charge in [0.15, 0.2) is 5.82 Å². The molecule has 0 bridgehead atoms. The van der Waals surface area contributed by atoms with Crippen LogP contribution >= 0.6 is 0 Å². The number of anilines is 2. The summed E-state index contributed by atoms with van der Waals surface area (Å²) in [5.74, 6) is 1.52. The maximum Gasteiger partial charge on any atom is 0.243 e. The number of amides is 1. The van der Waals surface area contributed by atoms with Crippen LogP contribution in [0.3, 0.4) is 0 Å². The molecular weight excluding hydrogens is 254 g/mol. The number of carbonyl (C=O) groups excluding carboxylic acids is 1. The lowest BCUT2D eigenvalue weighted by molar-refractivity contribution is -0.114. The Kier molecular flexibility index (Phi) is 4.40. The number of aryl methyl sites for hydroxylation is 1. The number of para-hydroxylation sites is 1. The van der Waals surface area contributed by atoms with Gasteiger partial charge in [-0.3, -0.25) is 4.79 Å². The highest BCUT2D eigenvalue weighted by molar-refractivity contribution is 5.94. The third kappa shape index (κ3) is 3.60. The van der Waals surface area contributed by atoms with Crippen molar-refractivity contribution in [1.29, 1.82) is 0 Å². The van der Waals surface area contributed by atoms with E-state index in [-0.39, 0.29) is 12.5 Å². The predicted octanol–water partition coefficient (Wildman–Crippen LogP) is 3.16. The summed E-state index contributed by atoms with van der Waals surface area (Å²) in [4.78, 5) is 11.9. The predicted molar refractivity (Wildman–Crippen MR) is 78.9 cm³/mol. The normalized spacial score (nSPS) is 10.6. The smallest absolute Gasteiger partial charge is 0.243 e. The quantitative estimate of drug-likeness (QED) is 0.878. The van der Waals surface area contributed by atoms with Crippen LogP contribution in [0, 0.1) is 6.92 Å². The van der Waals surface area contributed by atoms with Crippen LogP contribution in [0.2, 0.25) is 0 Å². The lowest BCUT2D eigenvalue weighted by Gasteiger charge is -2.13. The second-order valence-corrected chi connectivity index (χ2v) is 4.97. The van der Waals surface area contributed by atoms with Crippen LogP contribution in [0.4, 0.5) is 11.5 Å². The molecule has 0 aliphatic carbocycles. The van der Waals surface area contributed by atoms with E-state index in [4.69, 9.17) is 4.52 Å². The zero-order valence-corrected chi connectivity index (χ0v) is 11.9. The van der Waals surface area contributed by atoms with Gasteiger partial charge < -0.3 is 15.2 Å². The van der Waals surface area contributed by atoms with Gasteiger partial charge in [-0.15, -0.1) is 0 Å². The van der Waals surface area contributed by atoms with E-state index in [1.54, 1.807) is 13.0 Å². The molecule has 2 aromatic rings. The number of nitrogens with one attached hydrogen (secondary N) is 2. The molecule has 1 amide bonds. The van der Waals surface area contributed by atoms with Crippen molar-refractivity contribution in [2.45, 2.75) is 26.7 Å². The largest absolute Gasteiger partial charge is 0.360 e. The molecule has 106 valence electrons. The molecule has 1 heterocycles. The molecule has 1 aromatic heterocycles.